The van der Waals surface area contributed by atoms with Crippen molar-refractivity contribution < 1.29 is 19.7 Å². The first-order chi connectivity index (χ1) is 19.4. The molecule has 4 nitrogen and oxygen atoms in total. The number of hydrogen-bond acceptors (Lipinski definition) is 4. The van der Waals surface area contributed by atoms with Gasteiger partial charge in [-0.25, -0.2) is 4.79 Å². The van der Waals surface area contributed by atoms with E-state index in [-0.39, 0.29) is 23.0 Å². The SMILES string of the molecule is CCCCCc1cc(O)c(C/C=C(\C)CCC=C(C)C)c(O)c1C(=O)O[C@@]1(C)CC[C@@H](C(C)C)[C@@H]2C=C(C)CC[C@H]21. The number of hydrogen-bond donors (Lipinski definition) is 2. The number of esters is 1. The third-order valence-corrected chi connectivity index (χ3v) is 9.69. The second kappa shape index (κ2) is 14.6. The summed E-state index contributed by atoms with van der Waals surface area (Å²) in [4.78, 5) is 14.1. The fourth-order valence-electron chi connectivity index (χ4n) is 7.14. The Morgan fingerprint density at radius 3 is 2.54 bits per heavy atom. The van der Waals surface area contributed by atoms with Crippen molar-refractivity contribution in [2.75, 3.05) is 0 Å². The van der Waals surface area contributed by atoms with Crippen LogP contribution in [-0.4, -0.2) is 21.8 Å². The first kappa shape index (κ1) is 33.0. The maximum atomic E-state index is 14.1. The highest BCUT2D eigenvalue weighted by atomic mass is 16.6. The average molecular weight is 565 g/mol. The standard InChI is InChI=1S/C37H56O4/c1-9-10-11-15-28-23-33(38)30(18-16-26(6)14-12-13-24(2)3)35(39)34(28)36(40)41-37(8)21-20-29(25(4)5)31-22-27(7)17-19-32(31)37/h13,16,22-23,25,29,31-32,38-39H,9-12,14-15,17-21H2,1-8H3/b26-16+/t29-,31-,32+,37-/m0/s1. The molecule has 0 saturated heterocycles. The number of unbranched alkanes of at least 4 members (excludes halogenated alkanes) is 2. The molecule has 1 aromatic carbocycles. The molecule has 0 heterocycles. The predicted molar refractivity (Wildman–Crippen MR) is 170 cm³/mol. The average Bonchev–Trinajstić information content (AvgIpc) is 2.88. The van der Waals surface area contributed by atoms with Crippen molar-refractivity contribution in [2.24, 2.45) is 23.7 Å². The van der Waals surface area contributed by atoms with Crippen LogP contribution in [-0.2, 0) is 17.6 Å². The van der Waals surface area contributed by atoms with Crippen LogP contribution in [0.3, 0.4) is 0 Å². The van der Waals surface area contributed by atoms with Crippen molar-refractivity contribution in [3.8, 4) is 11.5 Å². The molecule has 3 rings (SSSR count). The number of carbonyl (C=O) groups excluding carboxylic acids is 1. The van der Waals surface area contributed by atoms with Gasteiger partial charge in [0.05, 0.1) is 0 Å². The lowest BCUT2D eigenvalue weighted by Gasteiger charge is -2.51. The third kappa shape index (κ3) is 8.30. The van der Waals surface area contributed by atoms with Gasteiger partial charge in [0.15, 0.2) is 0 Å². The number of rotatable bonds is 12. The monoisotopic (exact) mass is 564 g/mol. The van der Waals surface area contributed by atoms with Crippen LogP contribution >= 0.6 is 0 Å². The van der Waals surface area contributed by atoms with Crippen LogP contribution in [0, 0.1) is 23.7 Å². The highest BCUT2D eigenvalue weighted by Gasteiger charge is 2.50. The number of aryl methyl sites for hydroxylation is 1. The molecule has 41 heavy (non-hydrogen) atoms. The zero-order valence-electron chi connectivity index (χ0n) is 27.1. The predicted octanol–water partition coefficient (Wildman–Crippen LogP) is 10.0. The summed E-state index contributed by atoms with van der Waals surface area (Å²) in [7, 11) is 0. The first-order valence-corrected chi connectivity index (χ1v) is 16.1. The van der Waals surface area contributed by atoms with Gasteiger partial charge in [0.2, 0.25) is 0 Å². The van der Waals surface area contributed by atoms with E-state index in [4.69, 9.17) is 4.74 Å². The summed E-state index contributed by atoms with van der Waals surface area (Å²) in [5.74, 6) is 1.33. The number of benzene rings is 1. The molecule has 0 aromatic heterocycles. The van der Waals surface area contributed by atoms with Crippen LogP contribution in [0.25, 0.3) is 0 Å². The molecule has 0 bridgehead atoms. The molecule has 2 aliphatic rings. The minimum Gasteiger partial charge on any atom is -0.508 e. The van der Waals surface area contributed by atoms with E-state index in [9.17, 15) is 15.0 Å². The molecule has 1 fully saturated rings. The Labute approximate surface area is 250 Å². The molecule has 0 spiro atoms. The highest BCUT2D eigenvalue weighted by molar-refractivity contribution is 5.95. The first-order valence-electron chi connectivity index (χ1n) is 16.1. The van der Waals surface area contributed by atoms with Crippen LogP contribution < -0.4 is 0 Å². The molecule has 1 saturated carbocycles. The summed E-state index contributed by atoms with van der Waals surface area (Å²) in [5.41, 5.74) is 4.68. The van der Waals surface area contributed by atoms with Gasteiger partial charge < -0.3 is 14.9 Å². The Morgan fingerprint density at radius 1 is 1.15 bits per heavy atom. The van der Waals surface area contributed by atoms with E-state index in [2.05, 4.69) is 73.6 Å². The number of phenols is 2. The second-order valence-corrected chi connectivity index (χ2v) is 13.7. The molecule has 228 valence electrons. The maximum absolute atomic E-state index is 14.1. The van der Waals surface area contributed by atoms with Crippen LogP contribution in [0.5, 0.6) is 11.5 Å². The topological polar surface area (TPSA) is 66.8 Å². The van der Waals surface area contributed by atoms with Crippen molar-refractivity contribution in [3.63, 3.8) is 0 Å². The van der Waals surface area contributed by atoms with Gasteiger partial charge in [-0.05, 0) is 122 Å². The Kier molecular flexibility index (Phi) is 11.8. The summed E-state index contributed by atoms with van der Waals surface area (Å²) in [5, 5.41) is 22.5. The molecule has 4 heteroatoms. The van der Waals surface area contributed by atoms with Crippen molar-refractivity contribution in [1.29, 1.82) is 0 Å². The second-order valence-electron chi connectivity index (χ2n) is 13.7. The van der Waals surface area contributed by atoms with Crippen LogP contribution in [0.2, 0.25) is 0 Å². The molecular formula is C37H56O4. The van der Waals surface area contributed by atoms with Crippen molar-refractivity contribution >= 4 is 5.97 Å². The Morgan fingerprint density at radius 2 is 1.88 bits per heavy atom. The van der Waals surface area contributed by atoms with Gasteiger partial charge in [0, 0.05) is 11.5 Å². The molecule has 0 radical (unpaired) electrons. The molecule has 2 aliphatic carbocycles. The summed E-state index contributed by atoms with van der Waals surface area (Å²) < 4.78 is 6.49. The van der Waals surface area contributed by atoms with E-state index in [0.717, 1.165) is 57.8 Å². The molecule has 0 unspecified atom stereocenters. The summed E-state index contributed by atoms with van der Waals surface area (Å²) >= 11 is 0. The summed E-state index contributed by atoms with van der Waals surface area (Å²) in [6.45, 7) is 17.4. The Hall–Kier alpha value is -2.49. The summed E-state index contributed by atoms with van der Waals surface area (Å²) in [6, 6.07) is 1.70. The lowest BCUT2D eigenvalue weighted by molar-refractivity contribution is -0.0951. The van der Waals surface area contributed by atoms with E-state index in [1.54, 1.807) is 6.07 Å². The Balaban J connectivity index is 1.93. The zero-order chi connectivity index (χ0) is 30.3. The normalized spacial score (nSPS) is 24.6. The highest BCUT2D eigenvalue weighted by Crippen LogP contribution is 2.52. The minimum atomic E-state index is -0.586. The Bertz CT molecular complexity index is 1150. The minimum absolute atomic E-state index is 0.0514. The van der Waals surface area contributed by atoms with Gasteiger partial charge in [0.1, 0.15) is 22.7 Å². The lowest BCUT2D eigenvalue weighted by Crippen LogP contribution is -2.50. The van der Waals surface area contributed by atoms with Gasteiger partial charge in [-0.15, -0.1) is 0 Å². The smallest absolute Gasteiger partial charge is 0.342 e. The van der Waals surface area contributed by atoms with Gasteiger partial charge >= 0.3 is 5.97 Å². The molecule has 1 aromatic rings. The van der Waals surface area contributed by atoms with Gasteiger partial charge in [-0.1, -0.05) is 68.6 Å². The molecule has 0 aliphatic heterocycles. The van der Waals surface area contributed by atoms with Crippen LogP contribution in [0.4, 0.5) is 0 Å². The third-order valence-electron chi connectivity index (χ3n) is 9.69. The van der Waals surface area contributed by atoms with E-state index in [0.29, 0.717) is 41.7 Å². The van der Waals surface area contributed by atoms with E-state index in [1.807, 2.05) is 0 Å². The quantitative estimate of drug-likeness (QED) is 0.151. The number of allylic oxidation sites excluding steroid dienone is 6. The fraction of sp³-hybridized carbons (Fsp3) is 0.649. The van der Waals surface area contributed by atoms with Gasteiger partial charge in [0.25, 0.3) is 0 Å². The maximum Gasteiger partial charge on any atom is 0.342 e. The lowest BCUT2D eigenvalue weighted by atomic mass is 9.58. The van der Waals surface area contributed by atoms with Crippen LogP contribution in [0.1, 0.15) is 135 Å². The molecule has 2 N–H and O–H groups in total. The van der Waals surface area contributed by atoms with E-state index in [1.165, 1.54) is 16.7 Å². The largest absolute Gasteiger partial charge is 0.508 e. The van der Waals surface area contributed by atoms with Crippen molar-refractivity contribution in [2.45, 2.75) is 132 Å². The van der Waals surface area contributed by atoms with Gasteiger partial charge in [-0.3, -0.25) is 0 Å². The van der Waals surface area contributed by atoms with Crippen molar-refractivity contribution in [1.82, 2.24) is 0 Å². The van der Waals surface area contributed by atoms with Crippen LogP contribution in [0.15, 0.2) is 41.0 Å². The van der Waals surface area contributed by atoms with Gasteiger partial charge in [-0.2, -0.15) is 0 Å². The number of fused-ring (bicyclic) bond motifs is 1. The number of aromatic hydroxyl groups is 2. The summed E-state index contributed by atoms with van der Waals surface area (Å²) in [6.07, 6.45) is 16.5. The molecule has 4 atom stereocenters. The zero-order valence-corrected chi connectivity index (χ0v) is 27.1. The van der Waals surface area contributed by atoms with E-state index < -0.39 is 11.6 Å². The van der Waals surface area contributed by atoms with Crippen molar-refractivity contribution in [3.05, 3.63) is 57.7 Å². The molecule has 0 amide bonds. The fourth-order valence-corrected chi connectivity index (χ4v) is 7.14. The number of ether oxygens (including phenoxy) is 1. The number of carbonyl (C=O) groups is 1. The van der Waals surface area contributed by atoms with E-state index >= 15 is 0 Å². The molecular weight excluding hydrogens is 508 g/mol. The number of phenolic OH excluding ortho intramolecular Hbond substituents is 2.